The first-order valence-corrected chi connectivity index (χ1v) is 4.18. The van der Waals surface area contributed by atoms with Gasteiger partial charge in [0.2, 0.25) is 0 Å². The van der Waals surface area contributed by atoms with Crippen LogP contribution in [-0.4, -0.2) is 13.6 Å². The standard InChI is InChI=1S/C9H18N2/c1-9(2,8-10)6-4-5-7-11-3/h11H,4-7H2,1-3H3. The molecule has 0 saturated carbocycles. The van der Waals surface area contributed by atoms with E-state index >= 15 is 0 Å². The monoisotopic (exact) mass is 154 g/mol. The second-order valence-electron chi connectivity index (χ2n) is 3.56. The van der Waals surface area contributed by atoms with E-state index in [0.29, 0.717) is 0 Å². The molecule has 0 spiro atoms. The summed E-state index contributed by atoms with van der Waals surface area (Å²) in [7, 11) is 1.95. The lowest BCUT2D eigenvalue weighted by atomic mass is 9.89. The van der Waals surface area contributed by atoms with Crippen LogP contribution in [0.25, 0.3) is 0 Å². The van der Waals surface area contributed by atoms with Gasteiger partial charge in [-0.1, -0.05) is 6.42 Å². The zero-order valence-electron chi connectivity index (χ0n) is 7.78. The number of rotatable bonds is 5. The van der Waals surface area contributed by atoms with E-state index in [0.717, 1.165) is 19.4 Å². The summed E-state index contributed by atoms with van der Waals surface area (Å²) in [5.74, 6) is 0. The van der Waals surface area contributed by atoms with Crippen molar-refractivity contribution in [3.05, 3.63) is 0 Å². The van der Waals surface area contributed by atoms with Crippen molar-refractivity contribution in [1.29, 1.82) is 5.26 Å². The second-order valence-corrected chi connectivity index (χ2v) is 3.56. The van der Waals surface area contributed by atoms with Gasteiger partial charge in [-0.05, 0) is 40.3 Å². The molecule has 11 heavy (non-hydrogen) atoms. The van der Waals surface area contributed by atoms with Gasteiger partial charge in [-0.2, -0.15) is 5.26 Å². The number of hydrogen-bond donors (Lipinski definition) is 1. The molecule has 0 aromatic heterocycles. The largest absolute Gasteiger partial charge is 0.320 e. The van der Waals surface area contributed by atoms with Crippen molar-refractivity contribution in [1.82, 2.24) is 5.32 Å². The number of nitrogens with zero attached hydrogens (tertiary/aromatic N) is 1. The van der Waals surface area contributed by atoms with E-state index in [1.165, 1.54) is 6.42 Å². The third-order valence-electron chi connectivity index (χ3n) is 1.78. The Hall–Kier alpha value is -0.550. The van der Waals surface area contributed by atoms with Gasteiger partial charge in [0.25, 0.3) is 0 Å². The first-order chi connectivity index (χ1) is 5.12. The molecule has 0 unspecified atom stereocenters. The number of unbranched alkanes of at least 4 members (excludes halogenated alkanes) is 1. The molecular formula is C9H18N2. The molecule has 2 heteroatoms. The van der Waals surface area contributed by atoms with Crippen molar-refractivity contribution < 1.29 is 0 Å². The van der Waals surface area contributed by atoms with Crippen LogP contribution < -0.4 is 5.32 Å². The lowest BCUT2D eigenvalue weighted by molar-refractivity contribution is 0.425. The van der Waals surface area contributed by atoms with Crippen LogP contribution in [0.1, 0.15) is 33.1 Å². The van der Waals surface area contributed by atoms with Crippen molar-refractivity contribution in [3.63, 3.8) is 0 Å². The average Bonchev–Trinajstić information content (AvgIpc) is 1.99. The summed E-state index contributed by atoms with van der Waals surface area (Å²) in [6.07, 6.45) is 3.31. The highest BCUT2D eigenvalue weighted by atomic mass is 14.8. The quantitative estimate of drug-likeness (QED) is 0.614. The van der Waals surface area contributed by atoms with Crippen LogP contribution in [0.2, 0.25) is 0 Å². The Morgan fingerprint density at radius 1 is 1.36 bits per heavy atom. The van der Waals surface area contributed by atoms with Crippen LogP contribution in [0, 0.1) is 16.7 Å². The summed E-state index contributed by atoms with van der Waals surface area (Å²) in [6, 6.07) is 2.30. The van der Waals surface area contributed by atoms with Crippen LogP contribution in [0.5, 0.6) is 0 Å². The molecule has 0 aliphatic carbocycles. The van der Waals surface area contributed by atoms with Crippen molar-refractivity contribution in [2.75, 3.05) is 13.6 Å². The molecule has 0 fully saturated rings. The zero-order chi connectivity index (χ0) is 8.74. The molecule has 0 heterocycles. The van der Waals surface area contributed by atoms with Gasteiger partial charge in [0.1, 0.15) is 0 Å². The van der Waals surface area contributed by atoms with Crippen molar-refractivity contribution in [2.24, 2.45) is 5.41 Å². The summed E-state index contributed by atoms with van der Waals surface area (Å²) in [6.45, 7) is 5.04. The zero-order valence-corrected chi connectivity index (χ0v) is 7.78. The molecule has 0 aromatic carbocycles. The van der Waals surface area contributed by atoms with Crippen LogP contribution in [0.4, 0.5) is 0 Å². The van der Waals surface area contributed by atoms with Gasteiger partial charge in [-0.3, -0.25) is 0 Å². The fourth-order valence-corrected chi connectivity index (χ4v) is 0.925. The Bertz CT molecular complexity index is 133. The van der Waals surface area contributed by atoms with E-state index < -0.39 is 0 Å². The Morgan fingerprint density at radius 2 is 2.00 bits per heavy atom. The summed E-state index contributed by atoms with van der Waals surface area (Å²) in [5.41, 5.74) is -0.131. The SMILES string of the molecule is CNCCCCC(C)(C)C#N. The molecule has 0 aliphatic rings. The maximum Gasteiger partial charge on any atom is 0.0683 e. The molecule has 0 saturated heterocycles. The normalized spacial score (nSPS) is 11.1. The van der Waals surface area contributed by atoms with Crippen molar-refractivity contribution in [3.8, 4) is 6.07 Å². The highest BCUT2D eigenvalue weighted by Crippen LogP contribution is 2.21. The first-order valence-electron chi connectivity index (χ1n) is 4.18. The van der Waals surface area contributed by atoms with E-state index in [-0.39, 0.29) is 5.41 Å². The van der Waals surface area contributed by atoms with E-state index in [1.54, 1.807) is 0 Å². The lowest BCUT2D eigenvalue weighted by Gasteiger charge is -2.13. The second kappa shape index (κ2) is 5.15. The fraction of sp³-hybridized carbons (Fsp3) is 0.889. The minimum absolute atomic E-state index is 0.131. The van der Waals surface area contributed by atoms with E-state index in [2.05, 4.69) is 11.4 Å². The Morgan fingerprint density at radius 3 is 2.45 bits per heavy atom. The number of nitrogens with one attached hydrogen (secondary N) is 1. The molecule has 0 bridgehead atoms. The lowest BCUT2D eigenvalue weighted by Crippen LogP contribution is -2.11. The van der Waals surface area contributed by atoms with Gasteiger partial charge in [-0.25, -0.2) is 0 Å². The molecule has 2 nitrogen and oxygen atoms in total. The topological polar surface area (TPSA) is 35.8 Å². The summed E-state index contributed by atoms with van der Waals surface area (Å²) < 4.78 is 0. The molecule has 64 valence electrons. The van der Waals surface area contributed by atoms with Crippen LogP contribution >= 0.6 is 0 Å². The smallest absolute Gasteiger partial charge is 0.0683 e. The van der Waals surface area contributed by atoms with Crippen LogP contribution in [-0.2, 0) is 0 Å². The highest BCUT2D eigenvalue weighted by Gasteiger charge is 2.14. The molecule has 0 atom stereocenters. The molecule has 0 rings (SSSR count). The van der Waals surface area contributed by atoms with Crippen molar-refractivity contribution in [2.45, 2.75) is 33.1 Å². The van der Waals surface area contributed by atoms with Crippen molar-refractivity contribution >= 4 is 0 Å². The highest BCUT2D eigenvalue weighted by molar-refractivity contribution is 4.91. The van der Waals surface area contributed by atoms with E-state index in [1.807, 2.05) is 20.9 Å². The van der Waals surface area contributed by atoms with Gasteiger partial charge in [-0.15, -0.1) is 0 Å². The molecule has 0 aliphatic heterocycles. The minimum Gasteiger partial charge on any atom is -0.320 e. The van der Waals surface area contributed by atoms with Gasteiger partial charge in [0.15, 0.2) is 0 Å². The van der Waals surface area contributed by atoms with E-state index in [4.69, 9.17) is 5.26 Å². The predicted octanol–water partition coefficient (Wildman–Crippen LogP) is 1.93. The third-order valence-corrected chi connectivity index (χ3v) is 1.78. The molecular weight excluding hydrogens is 136 g/mol. The molecule has 1 N–H and O–H groups in total. The predicted molar refractivity (Wildman–Crippen MR) is 47.2 cm³/mol. The maximum atomic E-state index is 8.68. The molecule has 0 amide bonds. The first kappa shape index (κ1) is 10.4. The Balaban J connectivity index is 3.32. The maximum absolute atomic E-state index is 8.68. The average molecular weight is 154 g/mol. The van der Waals surface area contributed by atoms with Gasteiger partial charge in [0.05, 0.1) is 11.5 Å². The Kier molecular flexibility index (Phi) is 4.89. The van der Waals surface area contributed by atoms with Gasteiger partial charge in [0, 0.05) is 0 Å². The summed E-state index contributed by atoms with van der Waals surface area (Å²) in [4.78, 5) is 0. The van der Waals surface area contributed by atoms with Gasteiger partial charge < -0.3 is 5.32 Å². The molecule has 0 radical (unpaired) electrons. The summed E-state index contributed by atoms with van der Waals surface area (Å²) in [5, 5.41) is 11.8. The summed E-state index contributed by atoms with van der Waals surface area (Å²) >= 11 is 0. The van der Waals surface area contributed by atoms with Gasteiger partial charge >= 0.3 is 0 Å². The van der Waals surface area contributed by atoms with Crippen LogP contribution in [0.3, 0.4) is 0 Å². The van der Waals surface area contributed by atoms with Crippen LogP contribution in [0.15, 0.2) is 0 Å². The minimum atomic E-state index is -0.131. The fourth-order valence-electron chi connectivity index (χ4n) is 0.925. The number of hydrogen-bond acceptors (Lipinski definition) is 2. The third kappa shape index (κ3) is 5.87. The van der Waals surface area contributed by atoms with E-state index in [9.17, 15) is 0 Å². The number of nitriles is 1. The Labute approximate surface area is 69.6 Å². The molecule has 0 aromatic rings.